The van der Waals surface area contributed by atoms with E-state index >= 15 is 0 Å². The first kappa shape index (κ1) is 11.6. The molecule has 2 aromatic heterocycles. The minimum atomic E-state index is 0.396. The highest BCUT2D eigenvalue weighted by atomic mass is 14.9. The van der Waals surface area contributed by atoms with Gasteiger partial charge >= 0.3 is 0 Å². The van der Waals surface area contributed by atoms with Gasteiger partial charge in [0.25, 0.3) is 0 Å². The first-order valence-electron chi connectivity index (χ1n) is 4.52. The molecule has 2 aromatic rings. The van der Waals surface area contributed by atoms with Crippen LogP contribution >= 0.6 is 0 Å². The van der Waals surface area contributed by atoms with Gasteiger partial charge in [0.05, 0.1) is 17.6 Å². The third-order valence-electron chi connectivity index (χ3n) is 1.68. The van der Waals surface area contributed by atoms with Crippen LogP contribution in [0.5, 0.6) is 0 Å². The van der Waals surface area contributed by atoms with Crippen LogP contribution in [-0.2, 0) is 0 Å². The van der Waals surface area contributed by atoms with Gasteiger partial charge in [0.1, 0.15) is 11.6 Å². The predicted molar refractivity (Wildman–Crippen MR) is 66.1 cm³/mol. The Balaban J connectivity index is 0.000000160. The van der Waals surface area contributed by atoms with E-state index < -0.39 is 0 Å². The van der Waals surface area contributed by atoms with Gasteiger partial charge in [-0.05, 0) is 24.3 Å². The second-order valence-electron chi connectivity index (χ2n) is 2.99. The van der Waals surface area contributed by atoms with Crippen LogP contribution in [-0.4, -0.2) is 9.97 Å². The second kappa shape index (κ2) is 5.40. The number of rotatable bonds is 0. The third-order valence-corrected chi connectivity index (χ3v) is 1.68. The van der Waals surface area contributed by atoms with Gasteiger partial charge in [-0.2, -0.15) is 0 Å². The quantitative estimate of drug-likeness (QED) is 0.509. The van der Waals surface area contributed by atoms with E-state index in [-0.39, 0.29) is 0 Å². The Bertz CT molecular complexity index is 397. The summed E-state index contributed by atoms with van der Waals surface area (Å²) in [6.07, 6.45) is 3.13. The van der Waals surface area contributed by atoms with Crippen LogP contribution in [0.15, 0.2) is 36.7 Å². The van der Waals surface area contributed by atoms with E-state index in [9.17, 15) is 0 Å². The number of hydrogen-bond donors (Lipinski definition) is 4. The van der Waals surface area contributed by atoms with Crippen LogP contribution in [0.1, 0.15) is 0 Å². The Morgan fingerprint density at radius 1 is 0.875 bits per heavy atom. The van der Waals surface area contributed by atoms with Crippen molar-refractivity contribution in [3.63, 3.8) is 0 Å². The smallest absolute Gasteiger partial charge is 0.146 e. The number of pyridine rings is 2. The topological polar surface area (TPSA) is 130 Å². The fraction of sp³-hybridized carbons (Fsp3) is 0. The highest BCUT2D eigenvalue weighted by Crippen LogP contribution is 2.06. The fourth-order valence-corrected chi connectivity index (χ4v) is 0.847. The number of nitrogens with two attached hydrogens (primary N) is 4. The van der Waals surface area contributed by atoms with Crippen molar-refractivity contribution in [3.8, 4) is 0 Å². The normalized spacial score (nSPS) is 9.00. The van der Waals surface area contributed by atoms with E-state index in [1.807, 2.05) is 0 Å². The maximum absolute atomic E-state index is 5.33. The number of nitrogen functional groups attached to an aromatic ring is 4. The lowest BCUT2D eigenvalue weighted by Gasteiger charge is -1.92. The molecule has 0 aliphatic rings. The summed E-state index contributed by atoms with van der Waals surface area (Å²) >= 11 is 0. The van der Waals surface area contributed by atoms with Gasteiger partial charge in [0.2, 0.25) is 0 Å². The monoisotopic (exact) mass is 218 g/mol. The largest absolute Gasteiger partial charge is 0.397 e. The zero-order chi connectivity index (χ0) is 12.0. The summed E-state index contributed by atoms with van der Waals surface area (Å²) in [5, 5.41) is 0. The van der Waals surface area contributed by atoms with Gasteiger partial charge in [0.15, 0.2) is 0 Å². The molecular weight excluding hydrogens is 204 g/mol. The van der Waals surface area contributed by atoms with Gasteiger partial charge in [-0.15, -0.1) is 0 Å². The molecule has 16 heavy (non-hydrogen) atoms. The van der Waals surface area contributed by atoms with Crippen molar-refractivity contribution in [3.05, 3.63) is 36.7 Å². The first-order chi connectivity index (χ1) is 7.59. The van der Waals surface area contributed by atoms with E-state index in [0.717, 1.165) is 0 Å². The number of aromatic nitrogens is 2. The molecule has 84 valence electrons. The molecule has 0 saturated carbocycles. The lowest BCUT2D eigenvalue weighted by Crippen LogP contribution is -1.95. The summed E-state index contributed by atoms with van der Waals surface area (Å²) in [6.45, 7) is 0. The standard InChI is InChI=1S/2C5H7N3/c6-4-1-2-5(7)8-3-4;6-4-2-1-3-8-5(4)7/h2*1-3H,6H2,(H2,7,8). The molecule has 0 aliphatic carbocycles. The summed E-state index contributed by atoms with van der Waals surface area (Å²) in [6, 6.07) is 6.83. The molecule has 0 amide bonds. The lowest BCUT2D eigenvalue weighted by atomic mass is 10.4. The van der Waals surface area contributed by atoms with Crippen LogP contribution in [0.3, 0.4) is 0 Å². The predicted octanol–water partition coefficient (Wildman–Crippen LogP) is 0.492. The highest BCUT2D eigenvalue weighted by molar-refractivity contribution is 5.56. The molecule has 0 radical (unpaired) electrons. The van der Waals surface area contributed by atoms with Gasteiger partial charge < -0.3 is 22.9 Å². The minimum absolute atomic E-state index is 0.396. The Morgan fingerprint density at radius 2 is 1.62 bits per heavy atom. The van der Waals surface area contributed by atoms with Gasteiger partial charge in [-0.3, -0.25) is 0 Å². The van der Waals surface area contributed by atoms with E-state index in [1.165, 1.54) is 6.20 Å². The first-order valence-corrected chi connectivity index (χ1v) is 4.52. The zero-order valence-electron chi connectivity index (χ0n) is 8.67. The van der Waals surface area contributed by atoms with E-state index in [2.05, 4.69) is 9.97 Å². The summed E-state index contributed by atoms with van der Waals surface area (Å²) in [5.74, 6) is 0.895. The summed E-state index contributed by atoms with van der Waals surface area (Å²) in [5.41, 5.74) is 22.4. The van der Waals surface area contributed by atoms with Gasteiger partial charge in [0, 0.05) is 6.20 Å². The Hall–Kier alpha value is -2.50. The van der Waals surface area contributed by atoms with Gasteiger partial charge in [-0.1, -0.05) is 0 Å². The van der Waals surface area contributed by atoms with Crippen molar-refractivity contribution in [1.29, 1.82) is 0 Å². The van der Waals surface area contributed by atoms with Crippen molar-refractivity contribution in [2.75, 3.05) is 22.9 Å². The van der Waals surface area contributed by atoms with Crippen molar-refractivity contribution in [1.82, 2.24) is 9.97 Å². The molecule has 2 rings (SSSR count). The molecule has 0 fully saturated rings. The summed E-state index contributed by atoms with van der Waals surface area (Å²) < 4.78 is 0. The van der Waals surface area contributed by atoms with Gasteiger partial charge in [-0.25, -0.2) is 9.97 Å². The number of anilines is 4. The van der Waals surface area contributed by atoms with Crippen LogP contribution in [0.4, 0.5) is 23.0 Å². The molecule has 6 nitrogen and oxygen atoms in total. The summed E-state index contributed by atoms with van der Waals surface area (Å²) in [4.78, 5) is 7.46. The number of hydrogen-bond acceptors (Lipinski definition) is 6. The SMILES string of the molecule is Nc1ccc(N)nc1.Nc1cccnc1N. The second-order valence-corrected chi connectivity index (χ2v) is 2.99. The van der Waals surface area contributed by atoms with Crippen molar-refractivity contribution >= 4 is 23.0 Å². The zero-order valence-corrected chi connectivity index (χ0v) is 8.67. The Kier molecular flexibility index (Phi) is 3.90. The van der Waals surface area contributed by atoms with E-state index in [4.69, 9.17) is 22.9 Å². The van der Waals surface area contributed by atoms with Crippen molar-refractivity contribution in [2.24, 2.45) is 0 Å². The Labute approximate surface area is 93.3 Å². The molecule has 0 aliphatic heterocycles. The molecule has 2 heterocycles. The number of nitrogens with zero attached hydrogens (tertiary/aromatic N) is 2. The summed E-state index contributed by atoms with van der Waals surface area (Å²) in [7, 11) is 0. The minimum Gasteiger partial charge on any atom is -0.397 e. The van der Waals surface area contributed by atoms with E-state index in [0.29, 0.717) is 23.0 Å². The van der Waals surface area contributed by atoms with Crippen LogP contribution < -0.4 is 22.9 Å². The maximum atomic E-state index is 5.33. The van der Waals surface area contributed by atoms with Crippen molar-refractivity contribution in [2.45, 2.75) is 0 Å². The molecule has 0 saturated heterocycles. The average molecular weight is 218 g/mol. The van der Waals surface area contributed by atoms with Crippen LogP contribution in [0, 0.1) is 0 Å². The Morgan fingerprint density at radius 3 is 2.00 bits per heavy atom. The van der Waals surface area contributed by atoms with Crippen LogP contribution in [0.25, 0.3) is 0 Å². The average Bonchev–Trinajstić information content (AvgIpc) is 2.28. The van der Waals surface area contributed by atoms with Crippen LogP contribution in [0.2, 0.25) is 0 Å². The molecule has 0 bridgehead atoms. The highest BCUT2D eigenvalue weighted by Gasteiger charge is 1.87. The molecule has 0 atom stereocenters. The molecule has 6 heteroatoms. The molecule has 0 unspecified atom stereocenters. The third kappa shape index (κ3) is 3.70. The maximum Gasteiger partial charge on any atom is 0.146 e. The fourth-order valence-electron chi connectivity index (χ4n) is 0.847. The van der Waals surface area contributed by atoms with E-state index in [1.54, 1.807) is 30.5 Å². The molecule has 0 aromatic carbocycles. The molecule has 0 spiro atoms. The molecular formula is C10H14N6. The van der Waals surface area contributed by atoms with Crippen molar-refractivity contribution < 1.29 is 0 Å². The molecule has 8 N–H and O–H groups in total. The lowest BCUT2D eigenvalue weighted by molar-refractivity contribution is 1.34.